The second-order valence-electron chi connectivity index (χ2n) is 8.15. The summed E-state index contributed by atoms with van der Waals surface area (Å²) in [5, 5.41) is 6.94. The van der Waals surface area contributed by atoms with Gasteiger partial charge in [-0.05, 0) is 66.2 Å². The summed E-state index contributed by atoms with van der Waals surface area (Å²) < 4.78 is 11.5. The SMILES string of the molecule is CC(C)c1ccc2oc(-c3ccc(Cl)c(NC(=S)NC(=O)c4cc5ccccc5o4)c3)nc2c1. The molecular weight excluding hydrogens is 470 g/mol. The minimum atomic E-state index is -0.458. The van der Waals surface area contributed by atoms with Gasteiger partial charge in [0.1, 0.15) is 11.1 Å². The largest absolute Gasteiger partial charge is 0.451 e. The van der Waals surface area contributed by atoms with Crippen molar-refractivity contribution in [1.29, 1.82) is 0 Å². The van der Waals surface area contributed by atoms with Gasteiger partial charge in [-0.25, -0.2) is 4.98 Å². The molecule has 0 aliphatic carbocycles. The zero-order chi connectivity index (χ0) is 23.8. The number of rotatable bonds is 4. The minimum Gasteiger partial charge on any atom is -0.451 e. The van der Waals surface area contributed by atoms with E-state index in [2.05, 4.69) is 29.5 Å². The maximum Gasteiger partial charge on any atom is 0.293 e. The van der Waals surface area contributed by atoms with Crippen molar-refractivity contribution in [2.45, 2.75) is 19.8 Å². The van der Waals surface area contributed by atoms with Crippen molar-refractivity contribution in [3.8, 4) is 11.5 Å². The fourth-order valence-corrected chi connectivity index (χ4v) is 3.96. The second-order valence-corrected chi connectivity index (χ2v) is 8.97. The Morgan fingerprint density at radius 3 is 2.62 bits per heavy atom. The molecule has 34 heavy (non-hydrogen) atoms. The second kappa shape index (κ2) is 8.93. The number of thiocarbonyl (C=S) groups is 1. The molecule has 0 bridgehead atoms. The van der Waals surface area contributed by atoms with Gasteiger partial charge in [-0.1, -0.05) is 49.7 Å². The first-order valence-corrected chi connectivity index (χ1v) is 11.5. The van der Waals surface area contributed by atoms with Crippen LogP contribution in [-0.2, 0) is 0 Å². The third-order valence-electron chi connectivity index (χ3n) is 5.42. The molecule has 0 spiro atoms. The van der Waals surface area contributed by atoms with Gasteiger partial charge in [0.25, 0.3) is 5.91 Å². The first-order valence-electron chi connectivity index (χ1n) is 10.7. The highest BCUT2D eigenvalue weighted by atomic mass is 35.5. The Morgan fingerprint density at radius 2 is 1.82 bits per heavy atom. The lowest BCUT2D eigenvalue weighted by Crippen LogP contribution is -2.33. The van der Waals surface area contributed by atoms with Crippen LogP contribution in [0, 0.1) is 0 Å². The first-order chi connectivity index (χ1) is 16.4. The lowest BCUT2D eigenvalue weighted by molar-refractivity contribution is 0.0953. The topological polar surface area (TPSA) is 80.3 Å². The van der Waals surface area contributed by atoms with Crippen LogP contribution in [0.3, 0.4) is 0 Å². The van der Waals surface area contributed by atoms with E-state index in [1.165, 1.54) is 5.56 Å². The number of hydrogen-bond acceptors (Lipinski definition) is 5. The van der Waals surface area contributed by atoms with E-state index in [-0.39, 0.29) is 10.9 Å². The van der Waals surface area contributed by atoms with Gasteiger partial charge in [0.2, 0.25) is 5.89 Å². The minimum absolute atomic E-state index is 0.0867. The predicted octanol–water partition coefficient (Wildman–Crippen LogP) is 7.14. The highest BCUT2D eigenvalue weighted by Gasteiger charge is 2.16. The fraction of sp³-hybridized carbons (Fsp3) is 0.115. The van der Waals surface area contributed by atoms with Gasteiger partial charge in [0.15, 0.2) is 16.5 Å². The molecule has 3 aromatic carbocycles. The Labute approximate surface area is 205 Å². The molecule has 2 N–H and O–H groups in total. The zero-order valence-corrected chi connectivity index (χ0v) is 20.0. The molecular formula is C26H20ClN3O3S. The van der Waals surface area contributed by atoms with Crippen molar-refractivity contribution >= 4 is 62.6 Å². The number of nitrogens with one attached hydrogen (secondary N) is 2. The van der Waals surface area contributed by atoms with Gasteiger partial charge in [0.05, 0.1) is 10.7 Å². The zero-order valence-electron chi connectivity index (χ0n) is 18.4. The average molecular weight is 490 g/mol. The number of halogens is 1. The predicted molar refractivity (Wildman–Crippen MR) is 138 cm³/mol. The molecule has 0 fully saturated rings. The molecule has 1 amide bonds. The van der Waals surface area contributed by atoms with Crippen LogP contribution in [0.25, 0.3) is 33.5 Å². The maximum atomic E-state index is 12.6. The Kier molecular flexibility index (Phi) is 5.81. The Balaban J connectivity index is 1.34. The van der Waals surface area contributed by atoms with Crippen LogP contribution in [0.4, 0.5) is 5.69 Å². The normalized spacial score (nSPS) is 11.3. The van der Waals surface area contributed by atoms with Crippen LogP contribution in [-0.4, -0.2) is 16.0 Å². The molecule has 5 aromatic rings. The fourth-order valence-electron chi connectivity index (χ4n) is 3.59. The Hall–Kier alpha value is -3.68. The van der Waals surface area contributed by atoms with Gasteiger partial charge >= 0.3 is 0 Å². The monoisotopic (exact) mass is 489 g/mol. The van der Waals surface area contributed by atoms with E-state index in [0.717, 1.165) is 16.5 Å². The average Bonchev–Trinajstić information content (AvgIpc) is 3.44. The van der Waals surface area contributed by atoms with Crippen molar-refractivity contribution in [1.82, 2.24) is 10.3 Å². The number of fused-ring (bicyclic) bond motifs is 2. The van der Waals surface area contributed by atoms with Crippen molar-refractivity contribution in [3.63, 3.8) is 0 Å². The quantitative estimate of drug-likeness (QED) is 0.261. The number of carbonyl (C=O) groups is 1. The molecule has 0 saturated carbocycles. The van der Waals surface area contributed by atoms with Gasteiger partial charge in [-0.3, -0.25) is 10.1 Å². The highest BCUT2D eigenvalue weighted by molar-refractivity contribution is 7.80. The molecule has 0 aliphatic rings. The number of aromatic nitrogens is 1. The summed E-state index contributed by atoms with van der Waals surface area (Å²) in [5.74, 6) is 0.567. The van der Waals surface area contributed by atoms with Crippen molar-refractivity contribution in [2.24, 2.45) is 0 Å². The molecule has 0 radical (unpaired) electrons. The van der Waals surface area contributed by atoms with Crippen molar-refractivity contribution in [2.75, 3.05) is 5.32 Å². The van der Waals surface area contributed by atoms with Crippen LogP contribution in [0.2, 0.25) is 5.02 Å². The Bertz CT molecular complexity index is 1520. The number of para-hydroxylation sites is 1. The molecule has 6 nitrogen and oxygen atoms in total. The summed E-state index contributed by atoms with van der Waals surface area (Å²) in [6.07, 6.45) is 0. The van der Waals surface area contributed by atoms with E-state index in [0.29, 0.717) is 33.7 Å². The summed E-state index contributed by atoms with van der Waals surface area (Å²) in [5.41, 5.74) is 4.55. The molecule has 0 unspecified atom stereocenters. The smallest absolute Gasteiger partial charge is 0.293 e. The van der Waals surface area contributed by atoms with E-state index < -0.39 is 5.91 Å². The van der Waals surface area contributed by atoms with Crippen molar-refractivity contribution < 1.29 is 13.6 Å². The molecule has 2 aromatic heterocycles. The Morgan fingerprint density at radius 1 is 1.00 bits per heavy atom. The summed E-state index contributed by atoms with van der Waals surface area (Å²) >= 11 is 11.7. The molecule has 0 atom stereocenters. The molecule has 8 heteroatoms. The number of oxazole rings is 1. The van der Waals surface area contributed by atoms with E-state index in [4.69, 9.17) is 32.7 Å². The van der Waals surface area contributed by atoms with Gasteiger partial charge in [0, 0.05) is 10.9 Å². The van der Waals surface area contributed by atoms with E-state index in [1.54, 1.807) is 24.3 Å². The third kappa shape index (κ3) is 4.40. The van der Waals surface area contributed by atoms with Gasteiger partial charge < -0.3 is 14.2 Å². The first kappa shape index (κ1) is 22.1. The summed E-state index contributed by atoms with van der Waals surface area (Å²) in [6.45, 7) is 4.27. The molecule has 170 valence electrons. The molecule has 5 rings (SSSR count). The molecule has 0 saturated heterocycles. The van der Waals surface area contributed by atoms with Crippen LogP contribution < -0.4 is 10.6 Å². The van der Waals surface area contributed by atoms with E-state index in [9.17, 15) is 4.79 Å². The number of anilines is 1. The summed E-state index contributed by atoms with van der Waals surface area (Å²) in [7, 11) is 0. The molecule has 2 heterocycles. The number of benzene rings is 3. The van der Waals surface area contributed by atoms with E-state index >= 15 is 0 Å². The van der Waals surface area contributed by atoms with Crippen LogP contribution in [0.1, 0.15) is 35.9 Å². The van der Waals surface area contributed by atoms with Crippen LogP contribution in [0.15, 0.2) is 75.6 Å². The molecule has 0 aliphatic heterocycles. The van der Waals surface area contributed by atoms with Gasteiger partial charge in [-0.2, -0.15) is 0 Å². The highest BCUT2D eigenvalue weighted by Crippen LogP contribution is 2.31. The third-order valence-corrected chi connectivity index (χ3v) is 5.95. The summed E-state index contributed by atoms with van der Waals surface area (Å²) in [6, 6.07) is 20.4. The van der Waals surface area contributed by atoms with Gasteiger partial charge in [-0.15, -0.1) is 0 Å². The maximum absolute atomic E-state index is 12.6. The summed E-state index contributed by atoms with van der Waals surface area (Å²) in [4.78, 5) is 17.2. The van der Waals surface area contributed by atoms with Crippen molar-refractivity contribution in [3.05, 3.63) is 83.1 Å². The standard InChI is InChI=1S/C26H20ClN3O3S/c1-14(2)15-8-10-22-20(11-15)28-25(33-22)17-7-9-18(27)19(12-17)29-26(34)30-24(31)23-13-16-5-3-4-6-21(16)32-23/h3-14H,1-2H3,(H2,29,30,31,34). The van der Waals surface area contributed by atoms with Crippen LogP contribution in [0.5, 0.6) is 0 Å². The van der Waals surface area contributed by atoms with Crippen LogP contribution >= 0.6 is 23.8 Å². The lowest BCUT2D eigenvalue weighted by atomic mass is 10.0. The number of amides is 1. The number of hydrogen-bond donors (Lipinski definition) is 2. The number of furan rings is 1. The number of nitrogens with zero attached hydrogens (tertiary/aromatic N) is 1. The lowest BCUT2D eigenvalue weighted by Gasteiger charge is -2.11. The number of carbonyl (C=O) groups excluding carboxylic acids is 1. The van der Waals surface area contributed by atoms with E-state index in [1.807, 2.05) is 42.5 Å².